The van der Waals surface area contributed by atoms with Crippen LogP contribution < -0.4 is 0 Å². The molecule has 0 saturated carbocycles. The highest BCUT2D eigenvalue weighted by Gasteiger charge is 2.20. The van der Waals surface area contributed by atoms with Gasteiger partial charge in [0.1, 0.15) is 5.82 Å². The van der Waals surface area contributed by atoms with Gasteiger partial charge in [0.2, 0.25) is 0 Å². The summed E-state index contributed by atoms with van der Waals surface area (Å²) in [5, 5.41) is 2.85. The number of rotatable bonds is 5. The van der Waals surface area contributed by atoms with E-state index in [2.05, 4.69) is 29.0 Å². The van der Waals surface area contributed by atoms with Crippen molar-refractivity contribution in [3.63, 3.8) is 0 Å². The fourth-order valence-electron chi connectivity index (χ4n) is 2.72. The second-order valence-corrected chi connectivity index (χ2v) is 6.70. The highest BCUT2D eigenvalue weighted by molar-refractivity contribution is 7.10. The maximum Gasteiger partial charge on any atom is 0.111 e. The highest BCUT2D eigenvalue weighted by Crippen LogP contribution is 2.32. The summed E-state index contributed by atoms with van der Waals surface area (Å²) >= 11 is 13.9. The Balaban J connectivity index is 2.22. The molecule has 0 fully saturated rings. The average molecular weight is 339 g/mol. The van der Waals surface area contributed by atoms with Crippen molar-refractivity contribution in [1.82, 2.24) is 9.55 Å². The van der Waals surface area contributed by atoms with Gasteiger partial charge >= 0.3 is 0 Å². The number of fused-ring (bicyclic) bond motifs is 1. The lowest BCUT2D eigenvalue weighted by molar-refractivity contribution is 0.567. The number of nitrogens with zero attached hydrogens (tertiary/aromatic N) is 2. The van der Waals surface area contributed by atoms with Crippen molar-refractivity contribution in [2.75, 3.05) is 5.88 Å². The summed E-state index contributed by atoms with van der Waals surface area (Å²) in [5.41, 5.74) is 2.07. The molecule has 2 nitrogen and oxygen atoms in total. The maximum atomic E-state index is 6.19. The normalized spacial score (nSPS) is 12.9. The standard InChI is InChI=1S/C16H16Cl2N2S/c1-2-13(15-4-3-9-21-15)20-14-10-11(18)5-6-12(14)19-16(20)7-8-17/h3-6,9-10,13H,2,7-8H2,1H3. The van der Waals surface area contributed by atoms with Crippen molar-refractivity contribution in [2.45, 2.75) is 25.8 Å². The van der Waals surface area contributed by atoms with Gasteiger partial charge in [-0.05, 0) is 36.1 Å². The molecule has 2 aromatic heterocycles. The van der Waals surface area contributed by atoms with Crippen LogP contribution in [0.15, 0.2) is 35.7 Å². The number of imidazole rings is 1. The number of aryl methyl sites for hydroxylation is 1. The molecular weight excluding hydrogens is 323 g/mol. The molecule has 0 spiro atoms. The summed E-state index contributed by atoms with van der Waals surface area (Å²) in [5.74, 6) is 1.60. The molecule has 0 aliphatic heterocycles. The minimum atomic E-state index is 0.284. The topological polar surface area (TPSA) is 17.8 Å². The van der Waals surface area contributed by atoms with Gasteiger partial charge in [0.15, 0.2) is 0 Å². The van der Waals surface area contributed by atoms with E-state index >= 15 is 0 Å². The predicted molar refractivity (Wildman–Crippen MR) is 91.9 cm³/mol. The molecule has 21 heavy (non-hydrogen) atoms. The first kappa shape index (κ1) is 14.9. The number of thiophene rings is 1. The van der Waals surface area contributed by atoms with Gasteiger partial charge in [-0.3, -0.25) is 0 Å². The molecule has 0 radical (unpaired) electrons. The van der Waals surface area contributed by atoms with Crippen LogP contribution >= 0.6 is 34.5 Å². The smallest absolute Gasteiger partial charge is 0.111 e. The summed E-state index contributed by atoms with van der Waals surface area (Å²) in [4.78, 5) is 6.09. The lowest BCUT2D eigenvalue weighted by Crippen LogP contribution is -2.12. The quantitative estimate of drug-likeness (QED) is 0.559. The van der Waals surface area contributed by atoms with E-state index in [0.717, 1.165) is 34.7 Å². The molecule has 1 aromatic carbocycles. The first-order valence-corrected chi connectivity index (χ1v) is 8.79. The van der Waals surface area contributed by atoms with Crippen molar-refractivity contribution in [3.8, 4) is 0 Å². The van der Waals surface area contributed by atoms with E-state index < -0.39 is 0 Å². The lowest BCUT2D eigenvalue weighted by atomic mass is 10.1. The number of halogens is 2. The molecule has 3 aromatic rings. The van der Waals surface area contributed by atoms with E-state index in [9.17, 15) is 0 Å². The Labute approximate surface area is 138 Å². The van der Waals surface area contributed by atoms with Gasteiger partial charge in [-0.25, -0.2) is 4.98 Å². The van der Waals surface area contributed by atoms with Crippen LogP contribution in [0.25, 0.3) is 11.0 Å². The van der Waals surface area contributed by atoms with Gasteiger partial charge in [-0.15, -0.1) is 22.9 Å². The Hall–Kier alpha value is -1.03. The van der Waals surface area contributed by atoms with Crippen LogP contribution in [0, 0.1) is 0 Å². The van der Waals surface area contributed by atoms with Gasteiger partial charge in [0.25, 0.3) is 0 Å². The van der Waals surface area contributed by atoms with E-state index in [0.29, 0.717) is 5.88 Å². The first-order valence-electron chi connectivity index (χ1n) is 7.00. The number of hydrogen-bond acceptors (Lipinski definition) is 2. The van der Waals surface area contributed by atoms with Gasteiger partial charge in [0, 0.05) is 22.2 Å². The third-order valence-corrected chi connectivity index (χ3v) is 5.01. The molecule has 3 rings (SSSR count). The van der Waals surface area contributed by atoms with Crippen molar-refractivity contribution in [1.29, 1.82) is 0 Å². The maximum absolute atomic E-state index is 6.19. The van der Waals surface area contributed by atoms with Crippen molar-refractivity contribution >= 4 is 45.6 Å². The molecular formula is C16H16Cl2N2S. The molecule has 0 N–H and O–H groups in total. The van der Waals surface area contributed by atoms with Gasteiger partial charge in [-0.1, -0.05) is 24.6 Å². The zero-order valence-electron chi connectivity index (χ0n) is 11.7. The monoisotopic (exact) mass is 338 g/mol. The van der Waals surface area contributed by atoms with Crippen LogP contribution in [0.2, 0.25) is 5.02 Å². The number of hydrogen-bond donors (Lipinski definition) is 0. The Morgan fingerprint density at radius 1 is 1.33 bits per heavy atom. The summed E-state index contributed by atoms with van der Waals surface area (Å²) in [6.45, 7) is 2.20. The van der Waals surface area contributed by atoms with E-state index in [1.54, 1.807) is 11.3 Å². The Morgan fingerprint density at radius 2 is 2.19 bits per heavy atom. The molecule has 0 aliphatic carbocycles. The number of aromatic nitrogens is 2. The van der Waals surface area contributed by atoms with Crippen LogP contribution in [0.4, 0.5) is 0 Å². The molecule has 0 saturated heterocycles. The van der Waals surface area contributed by atoms with Crippen molar-refractivity contribution in [2.24, 2.45) is 0 Å². The van der Waals surface area contributed by atoms with Gasteiger partial charge < -0.3 is 4.57 Å². The third kappa shape index (κ3) is 2.83. The third-order valence-electron chi connectivity index (χ3n) is 3.61. The van der Waals surface area contributed by atoms with Crippen LogP contribution in [0.5, 0.6) is 0 Å². The molecule has 1 atom stereocenters. The second-order valence-electron chi connectivity index (χ2n) is 4.91. The summed E-state index contributed by atoms with van der Waals surface area (Å²) in [6.07, 6.45) is 1.77. The van der Waals surface area contributed by atoms with Crippen molar-refractivity contribution < 1.29 is 0 Å². The van der Waals surface area contributed by atoms with E-state index in [4.69, 9.17) is 28.2 Å². The summed E-state index contributed by atoms with van der Waals surface area (Å²) in [7, 11) is 0. The summed E-state index contributed by atoms with van der Waals surface area (Å²) < 4.78 is 2.30. The van der Waals surface area contributed by atoms with E-state index in [1.807, 2.05) is 18.2 Å². The van der Waals surface area contributed by atoms with Crippen LogP contribution in [-0.4, -0.2) is 15.4 Å². The molecule has 0 amide bonds. The zero-order chi connectivity index (χ0) is 14.8. The molecule has 110 valence electrons. The van der Waals surface area contributed by atoms with Crippen molar-refractivity contribution in [3.05, 3.63) is 51.4 Å². The molecule has 0 bridgehead atoms. The van der Waals surface area contributed by atoms with Gasteiger partial charge in [0.05, 0.1) is 17.1 Å². The zero-order valence-corrected chi connectivity index (χ0v) is 14.0. The Morgan fingerprint density at radius 3 is 2.86 bits per heavy atom. The highest BCUT2D eigenvalue weighted by atomic mass is 35.5. The minimum Gasteiger partial charge on any atom is -0.319 e. The fourth-order valence-corrected chi connectivity index (χ4v) is 3.95. The van der Waals surface area contributed by atoms with Gasteiger partial charge in [-0.2, -0.15) is 0 Å². The van der Waals surface area contributed by atoms with Crippen LogP contribution in [-0.2, 0) is 6.42 Å². The largest absolute Gasteiger partial charge is 0.319 e. The summed E-state index contributed by atoms with van der Waals surface area (Å²) in [6, 6.07) is 10.4. The Bertz CT molecular complexity index is 734. The predicted octanol–water partition coefficient (Wildman–Crippen LogP) is 5.53. The second kappa shape index (κ2) is 6.39. The fraction of sp³-hybridized carbons (Fsp3) is 0.312. The van der Waals surface area contributed by atoms with E-state index in [-0.39, 0.29) is 6.04 Å². The molecule has 5 heteroatoms. The average Bonchev–Trinajstić information content (AvgIpc) is 3.10. The Kier molecular flexibility index (Phi) is 4.53. The van der Waals surface area contributed by atoms with Crippen LogP contribution in [0.1, 0.15) is 30.1 Å². The molecule has 1 unspecified atom stereocenters. The first-order chi connectivity index (χ1) is 10.2. The van der Waals surface area contributed by atoms with E-state index in [1.165, 1.54) is 4.88 Å². The SMILES string of the molecule is CCC(c1cccs1)n1c(CCCl)nc2ccc(Cl)cc21. The van der Waals surface area contributed by atoms with Crippen LogP contribution in [0.3, 0.4) is 0 Å². The minimum absolute atomic E-state index is 0.284. The number of alkyl halides is 1. The molecule has 0 aliphatic rings. The number of benzene rings is 1. The lowest BCUT2D eigenvalue weighted by Gasteiger charge is -2.19. The molecule has 2 heterocycles.